The molecule has 0 spiro atoms. The second kappa shape index (κ2) is 5.63. The van der Waals surface area contributed by atoms with E-state index in [1.807, 2.05) is 20.8 Å². The van der Waals surface area contributed by atoms with Gasteiger partial charge in [0, 0.05) is 34.4 Å². The molecular formula is C10H15ClN2O3S2. The summed E-state index contributed by atoms with van der Waals surface area (Å²) in [5.41, 5.74) is -0.560. The SMILES string of the molecule is CC(C)(C)n1ccnc(SCCS(=O)(=O)Cl)c1=O. The number of aromatic nitrogens is 2. The fourth-order valence-corrected chi connectivity index (χ4v) is 3.51. The molecule has 1 aromatic rings. The van der Waals surface area contributed by atoms with Gasteiger partial charge in [-0.15, -0.1) is 0 Å². The molecule has 0 aliphatic rings. The van der Waals surface area contributed by atoms with Crippen LogP contribution in [0.25, 0.3) is 0 Å². The van der Waals surface area contributed by atoms with E-state index < -0.39 is 9.05 Å². The molecule has 0 atom stereocenters. The second-order valence-electron chi connectivity index (χ2n) is 4.67. The molecule has 0 saturated heterocycles. The molecule has 0 fully saturated rings. The minimum absolute atomic E-state index is 0.190. The van der Waals surface area contributed by atoms with Crippen LogP contribution in [0.5, 0.6) is 0 Å². The molecule has 18 heavy (non-hydrogen) atoms. The third-order valence-corrected chi connectivity index (χ3v) is 4.47. The summed E-state index contributed by atoms with van der Waals surface area (Å²) in [5.74, 6) is 0.0208. The van der Waals surface area contributed by atoms with Crippen LogP contribution >= 0.6 is 22.4 Å². The van der Waals surface area contributed by atoms with Crippen molar-refractivity contribution in [2.75, 3.05) is 11.5 Å². The number of halogens is 1. The first-order valence-electron chi connectivity index (χ1n) is 5.24. The predicted molar refractivity (Wildman–Crippen MR) is 73.9 cm³/mol. The van der Waals surface area contributed by atoms with Crippen LogP contribution in [-0.4, -0.2) is 29.5 Å². The molecular weight excluding hydrogens is 296 g/mol. The molecule has 0 aromatic carbocycles. The average molecular weight is 311 g/mol. The predicted octanol–water partition coefficient (Wildman–Crippen LogP) is 1.66. The zero-order valence-electron chi connectivity index (χ0n) is 10.4. The lowest BCUT2D eigenvalue weighted by Crippen LogP contribution is -2.34. The molecule has 5 nitrogen and oxygen atoms in total. The third kappa shape index (κ3) is 4.62. The third-order valence-electron chi connectivity index (χ3n) is 2.10. The maximum Gasteiger partial charge on any atom is 0.283 e. The van der Waals surface area contributed by atoms with Gasteiger partial charge in [0.15, 0.2) is 5.03 Å². The molecule has 0 aliphatic carbocycles. The highest BCUT2D eigenvalue weighted by molar-refractivity contribution is 8.14. The Kier molecular flexibility index (Phi) is 4.85. The van der Waals surface area contributed by atoms with Crippen LogP contribution in [-0.2, 0) is 14.6 Å². The van der Waals surface area contributed by atoms with Crippen LogP contribution < -0.4 is 5.56 Å². The average Bonchev–Trinajstić information content (AvgIpc) is 2.17. The molecule has 0 radical (unpaired) electrons. The molecule has 0 N–H and O–H groups in total. The Hall–Kier alpha value is -0.530. The van der Waals surface area contributed by atoms with Gasteiger partial charge in [0.2, 0.25) is 9.05 Å². The first-order valence-corrected chi connectivity index (χ1v) is 8.71. The fourth-order valence-electron chi connectivity index (χ4n) is 1.26. The minimum Gasteiger partial charge on any atom is -0.306 e. The number of thioether (sulfide) groups is 1. The number of rotatable bonds is 4. The molecule has 8 heteroatoms. The summed E-state index contributed by atoms with van der Waals surface area (Å²) in [4.78, 5) is 16.0. The van der Waals surface area contributed by atoms with Crippen LogP contribution in [0, 0.1) is 0 Å². The summed E-state index contributed by atoms with van der Waals surface area (Å²) < 4.78 is 23.1. The van der Waals surface area contributed by atoms with Gasteiger partial charge in [-0.05, 0) is 20.8 Å². The van der Waals surface area contributed by atoms with Crippen LogP contribution in [0.3, 0.4) is 0 Å². The smallest absolute Gasteiger partial charge is 0.283 e. The Bertz CT molecular complexity index is 576. The lowest BCUT2D eigenvalue weighted by atomic mass is 10.1. The van der Waals surface area contributed by atoms with Crippen LogP contribution in [0.15, 0.2) is 22.2 Å². The van der Waals surface area contributed by atoms with Crippen molar-refractivity contribution in [3.63, 3.8) is 0 Å². The summed E-state index contributed by atoms with van der Waals surface area (Å²) in [7, 11) is 1.57. The zero-order chi connectivity index (χ0) is 14.0. The van der Waals surface area contributed by atoms with Crippen molar-refractivity contribution < 1.29 is 8.42 Å². The van der Waals surface area contributed by atoms with Gasteiger partial charge in [0.25, 0.3) is 5.56 Å². The molecule has 102 valence electrons. The van der Waals surface area contributed by atoms with Crippen molar-refractivity contribution in [3.8, 4) is 0 Å². The van der Waals surface area contributed by atoms with E-state index >= 15 is 0 Å². The zero-order valence-corrected chi connectivity index (χ0v) is 12.8. The monoisotopic (exact) mass is 310 g/mol. The number of nitrogens with zero attached hydrogens (tertiary/aromatic N) is 2. The molecule has 1 heterocycles. The Morgan fingerprint density at radius 3 is 2.56 bits per heavy atom. The highest BCUT2D eigenvalue weighted by Crippen LogP contribution is 2.15. The highest BCUT2D eigenvalue weighted by Gasteiger charge is 2.17. The van der Waals surface area contributed by atoms with E-state index in [0.29, 0.717) is 0 Å². The number of hydrogen-bond acceptors (Lipinski definition) is 5. The first-order chi connectivity index (χ1) is 8.11. The van der Waals surface area contributed by atoms with Crippen LogP contribution in [0.2, 0.25) is 0 Å². The lowest BCUT2D eigenvalue weighted by Gasteiger charge is -2.22. The van der Waals surface area contributed by atoms with E-state index in [1.165, 1.54) is 6.20 Å². The number of hydrogen-bond donors (Lipinski definition) is 0. The Morgan fingerprint density at radius 1 is 1.44 bits per heavy atom. The summed E-state index contributed by atoms with van der Waals surface area (Å²) in [6.07, 6.45) is 3.15. The Labute approximate surface area is 115 Å². The van der Waals surface area contributed by atoms with E-state index in [0.717, 1.165) is 11.8 Å². The summed E-state index contributed by atoms with van der Waals surface area (Å²) >= 11 is 1.10. The standard InChI is InChI=1S/C10H15ClN2O3S2/c1-10(2,3)13-5-4-12-8(9(13)14)17-6-7-18(11,15)16/h4-5H,6-7H2,1-3H3. The molecule has 0 amide bonds. The van der Waals surface area contributed by atoms with Crippen molar-refractivity contribution in [2.24, 2.45) is 0 Å². The molecule has 0 aliphatic heterocycles. The van der Waals surface area contributed by atoms with E-state index in [-0.39, 0.29) is 27.6 Å². The van der Waals surface area contributed by atoms with E-state index in [1.54, 1.807) is 10.8 Å². The summed E-state index contributed by atoms with van der Waals surface area (Å²) in [6.45, 7) is 5.73. The van der Waals surface area contributed by atoms with Crippen molar-refractivity contribution in [2.45, 2.75) is 31.3 Å². The van der Waals surface area contributed by atoms with E-state index in [9.17, 15) is 13.2 Å². The van der Waals surface area contributed by atoms with Crippen molar-refractivity contribution >= 4 is 31.5 Å². The molecule has 1 aromatic heterocycles. The topological polar surface area (TPSA) is 69.0 Å². The summed E-state index contributed by atoms with van der Waals surface area (Å²) in [5, 5.41) is 0.285. The molecule has 0 saturated carbocycles. The Balaban J connectivity index is 2.89. The van der Waals surface area contributed by atoms with Crippen LogP contribution in [0.1, 0.15) is 20.8 Å². The van der Waals surface area contributed by atoms with Gasteiger partial charge in [0.1, 0.15) is 0 Å². The van der Waals surface area contributed by atoms with E-state index in [4.69, 9.17) is 10.7 Å². The van der Waals surface area contributed by atoms with Crippen LogP contribution in [0.4, 0.5) is 0 Å². The molecule has 0 unspecified atom stereocenters. The molecule has 1 rings (SSSR count). The minimum atomic E-state index is -3.53. The van der Waals surface area contributed by atoms with Gasteiger partial charge >= 0.3 is 0 Å². The van der Waals surface area contributed by atoms with Gasteiger partial charge in [-0.25, -0.2) is 13.4 Å². The maximum absolute atomic E-state index is 12.1. The maximum atomic E-state index is 12.1. The molecule has 0 bridgehead atoms. The van der Waals surface area contributed by atoms with Crippen molar-refractivity contribution in [1.82, 2.24) is 9.55 Å². The largest absolute Gasteiger partial charge is 0.306 e. The first kappa shape index (κ1) is 15.5. The van der Waals surface area contributed by atoms with Crippen molar-refractivity contribution in [3.05, 3.63) is 22.7 Å². The quantitative estimate of drug-likeness (QED) is 0.625. The highest BCUT2D eigenvalue weighted by atomic mass is 35.7. The van der Waals surface area contributed by atoms with Gasteiger partial charge in [-0.2, -0.15) is 0 Å². The fraction of sp³-hybridized carbons (Fsp3) is 0.600. The second-order valence-corrected chi connectivity index (χ2v) is 8.65. The van der Waals surface area contributed by atoms with Gasteiger partial charge < -0.3 is 4.57 Å². The summed E-state index contributed by atoms with van der Waals surface area (Å²) in [6, 6.07) is 0. The Morgan fingerprint density at radius 2 is 2.06 bits per heavy atom. The van der Waals surface area contributed by atoms with E-state index in [2.05, 4.69) is 4.98 Å². The van der Waals surface area contributed by atoms with Gasteiger partial charge in [0.05, 0.1) is 5.75 Å². The van der Waals surface area contributed by atoms with Crippen molar-refractivity contribution in [1.29, 1.82) is 0 Å². The normalized spacial score (nSPS) is 12.7. The van der Waals surface area contributed by atoms with Gasteiger partial charge in [-0.1, -0.05) is 11.8 Å². The lowest BCUT2D eigenvalue weighted by molar-refractivity contribution is 0.377. The van der Waals surface area contributed by atoms with Gasteiger partial charge in [-0.3, -0.25) is 4.79 Å².